The van der Waals surface area contributed by atoms with Crippen molar-refractivity contribution in [2.75, 3.05) is 0 Å². The third-order valence-electron chi connectivity index (χ3n) is 2.11. The first-order chi connectivity index (χ1) is 7.60. The van der Waals surface area contributed by atoms with Crippen LogP contribution < -0.4 is 0 Å². The zero-order valence-electron chi connectivity index (χ0n) is 10.3. The van der Waals surface area contributed by atoms with Crippen molar-refractivity contribution in [3.8, 4) is 0 Å². The number of hydrogen-bond donors (Lipinski definition) is 0. The van der Waals surface area contributed by atoms with E-state index in [1.807, 2.05) is 27.0 Å². The van der Waals surface area contributed by atoms with Crippen LogP contribution in [0.4, 0.5) is 0 Å². The number of aliphatic imine (C=N–C) groups is 1. The van der Waals surface area contributed by atoms with E-state index in [0.717, 1.165) is 29.3 Å². The molecule has 0 rings (SSSR count). The topological polar surface area (TPSA) is 29.4 Å². The average molecular weight is 286 g/mol. The van der Waals surface area contributed by atoms with Crippen molar-refractivity contribution in [3.05, 3.63) is 22.3 Å². The molecule has 0 heterocycles. The molecule has 0 aromatic rings. The van der Waals surface area contributed by atoms with Crippen LogP contribution in [0.15, 0.2) is 27.3 Å². The Labute approximate surface area is 107 Å². The first kappa shape index (κ1) is 15.3. The van der Waals surface area contributed by atoms with Crippen LogP contribution in [0.2, 0.25) is 0 Å². The Hall–Kier alpha value is -0.700. The molecule has 0 N–H and O–H groups in total. The van der Waals surface area contributed by atoms with E-state index in [1.165, 1.54) is 0 Å². The summed E-state index contributed by atoms with van der Waals surface area (Å²) in [5.74, 6) is 0.211. The van der Waals surface area contributed by atoms with Gasteiger partial charge in [-0.1, -0.05) is 28.4 Å². The number of nitrogens with zero attached hydrogens (tertiary/aromatic N) is 1. The lowest BCUT2D eigenvalue weighted by Gasteiger charge is -2.00. The fourth-order valence-electron chi connectivity index (χ4n) is 1.21. The van der Waals surface area contributed by atoms with Crippen molar-refractivity contribution < 1.29 is 4.79 Å². The monoisotopic (exact) mass is 285 g/mol. The number of hydrogen-bond acceptors (Lipinski definition) is 2. The van der Waals surface area contributed by atoms with E-state index in [4.69, 9.17) is 0 Å². The number of ketones is 1. The average Bonchev–Trinajstić information content (AvgIpc) is 2.26. The summed E-state index contributed by atoms with van der Waals surface area (Å²) in [6.07, 6.45) is 8.87. The van der Waals surface area contributed by atoms with Gasteiger partial charge in [0, 0.05) is 23.3 Å². The van der Waals surface area contributed by atoms with Gasteiger partial charge in [0.2, 0.25) is 0 Å². The molecule has 16 heavy (non-hydrogen) atoms. The summed E-state index contributed by atoms with van der Waals surface area (Å²) in [5, 5.41) is 0. The number of carbonyl (C=O) groups is 1. The van der Waals surface area contributed by atoms with Gasteiger partial charge >= 0.3 is 0 Å². The zero-order chi connectivity index (χ0) is 12.4. The van der Waals surface area contributed by atoms with Crippen molar-refractivity contribution in [1.82, 2.24) is 0 Å². The fraction of sp³-hybridized carbons (Fsp3) is 0.538. The second-order valence-electron chi connectivity index (χ2n) is 3.65. The van der Waals surface area contributed by atoms with Gasteiger partial charge in [-0.15, -0.1) is 0 Å². The summed E-state index contributed by atoms with van der Waals surface area (Å²) in [7, 11) is 0. The predicted octanol–water partition coefficient (Wildman–Crippen LogP) is 4.41. The van der Waals surface area contributed by atoms with Crippen LogP contribution in [-0.4, -0.2) is 12.0 Å². The maximum Gasteiger partial charge on any atom is 0.155 e. The molecule has 0 amide bonds. The van der Waals surface area contributed by atoms with Crippen LogP contribution in [0.3, 0.4) is 0 Å². The Morgan fingerprint density at radius 3 is 2.62 bits per heavy atom. The van der Waals surface area contributed by atoms with Gasteiger partial charge in [-0.2, -0.15) is 0 Å². The summed E-state index contributed by atoms with van der Waals surface area (Å²) in [6.45, 7) is 5.78. The van der Waals surface area contributed by atoms with E-state index in [1.54, 1.807) is 12.3 Å². The van der Waals surface area contributed by atoms with Crippen LogP contribution in [-0.2, 0) is 4.79 Å². The van der Waals surface area contributed by atoms with Gasteiger partial charge in [0.15, 0.2) is 5.78 Å². The molecular weight excluding hydrogens is 266 g/mol. The molecule has 0 bridgehead atoms. The molecule has 0 aromatic carbocycles. The molecule has 0 unspecified atom stereocenters. The minimum Gasteiger partial charge on any atom is -0.295 e. The Morgan fingerprint density at radius 1 is 1.38 bits per heavy atom. The molecule has 0 aliphatic rings. The standard InChI is InChI=1S/C13H20BrNO/c1-4-13(16)9-11(3)7-6-8-12(14)10-15-5-2/h5,9-10H,4,6-8H2,1-3H3/b11-9-,12-10+,15-5-. The molecule has 90 valence electrons. The number of rotatable bonds is 7. The van der Waals surface area contributed by atoms with E-state index >= 15 is 0 Å². The van der Waals surface area contributed by atoms with Crippen molar-refractivity contribution in [1.29, 1.82) is 0 Å². The molecule has 0 aliphatic heterocycles. The highest BCUT2D eigenvalue weighted by Crippen LogP contribution is 2.16. The molecule has 2 nitrogen and oxygen atoms in total. The summed E-state index contributed by atoms with van der Waals surface area (Å²) in [4.78, 5) is 15.2. The second-order valence-corrected chi connectivity index (χ2v) is 4.67. The van der Waals surface area contributed by atoms with Crippen LogP contribution >= 0.6 is 15.9 Å². The summed E-state index contributed by atoms with van der Waals surface area (Å²) >= 11 is 3.45. The van der Waals surface area contributed by atoms with Gasteiger partial charge in [0.1, 0.15) is 0 Å². The second kappa shape index (κ2) is 9.52. The highest BCUT2D eigenvalue weighted by Gasteiger charge is 1.97. The van der Waals surface area contributed by atoms with E-state index in [-0.39, 0.29) is 5.78 Å². The van der Waals surface area contributed by atoms with E-state index < -0.39 is 0 Å². The molecule has 0 saturated carbocycles. The molecule has 0 spiro atoms. The van der Waals surface area contributed by atoms with Gasteiger partial charge in [0.05, 0.1) is 0 Å². The molecule has 0 radical (unpaired) electrons. The SMILES string of the molecule is C/C=N\C=C(\Br)CCC/C(C)=C\C(=O)CC. The zero-order valence-corrected chi connectivity index (χ0v) is 11.9. The van der Waals surface area contributed by atoms with Crippen LogP contribution in [0.1, 0.15) is 46.5 Å². The van der Waals surface area contributed by atoms with E-state index in [0.29, 0.717) is 6.42 Å². The highest BCUT2D eigenvalue weighted by atomic mass is 79.9. The molecule has 0 aliphatic carbocycles. The normalized spacial score (nSPS) is 13.5. The minimum absolute atomic E-state index is 0.211. The molecule has 0 fully saturated rings. The smallest absolute Gasteiger partial charge is 0.155 e. The van der Waals surface area contributed by atoms with Crippen molar-refractivity contribution in [3.63, 3.8) is 0 Å². The highest BCUT2D eigenvalue weighted by molar-refractivity contribution is 9.11. The largest absolute Gasteiger partial charge is 0.295 e. The van der Waals surface area contributed by atoms with Gasteiger partial charge in [-0.05, 0) is 39.2 Å². The van der Waals surface area contributed by atoms with Gasteiger partial charge < -0.3 is 0 Å². The van der Waals surface area contributed by atoms with E-state index in [2.05, 4.69) is 20.9 Å². The number of halogens is 1. The molecule has 0 aromatic heterocycles. The lowest BCUT2D eigenvalue weighted by atomic mass is 10.1. The minimum atomic E-state index is 0.211. The lowest BCUT2D eigenvalue weighted by molar-refractivity contribution is -0.114. The third kappa shape index (κ3) is 8.60. The molecular formula is C13H20BrNO. The molecule has 0 atom stereocenters. The predicted molar refractivity (Wildman–Crippen MR) is 74.1 cm³/mol. The van der Waals surface area contributed by atoms with Gasteiger partial charge in [-0.3, -0.25) is 9.79 Å². The summed E-state index contributed by atoms with van der Waals surface area (Å²) in [6, 6.07) is 0. The Morgan fingerprint density at radius 2 is 2.06 bits per heavy atom. The lowest BCUT2D eigenvalue weighted by Crippen LogP contribution is -1.90. The van der Waals surface area contributed by atoms with Crippen molar-refractivity contribution >= 4 is 27.9 Å². The first-order valence-electron chi connectivity index (χ1n) is 5.62. The fourth-order valence-corrected chi connectivity index (χ4v) is 1.60. The number of carbonyl (C=O) groups excluding carboxylic acids is 1. The Bertz CT molecular complexity index is 303. The van der Waals surface area contributed by atoms with Crippen LogP contribution in [0.25, 0.3) is 0 Å². The van der Waals surface area contributed by atoms with E-state index in [9.17, 15) is 4.79 Å². The maximum atomic E-state index is 11.1. The quantitative estimate of drug-likeness (QED) is 0.503. The number of allylic oxidation sites excluding steroid dienone is 3. The Balaban J connectivity index is 3.90. The Kier molecular flexibility index (Phi) is 9.10. The van der Waals surface area contributed by atoms with Crippen LogP contribution in [0, 0.1) is 0 Å². The summed E-state index contributed by atoms with van der Waals surface area (Å²) < 4.78 is 1.10. The van der Waals surface area contributed by atoms with Crippen molar-refractivity contribution in [2.45, 2.75) is 46.5 Å². The van der Waals surface area contributed by atoms with Gasteiger partial charge in [0.25, 0.3) is 0 Å². The molecule has 0 saturated heterocycles. The molecule has 3 heteroatoms. The summed E-state index contributed by atoms with van der Waals surface area (Å²) in [5.41, 5.74) is 1.16. The third-order valence-corrected chi connectivity index (χ3v) is 2.71. The van der Waals surface area contributed by atoms with Crippen molar-refractivity contribution in [2.24, 2.45) is 4.99 Å². The van der Waals surface area contributed by atoms with Gasteiger partial charge in [-0.25, -0.2) is 0 Å². The first-order valence-corrected chi connectivity index (χ1v) is 6.41. The van der Waals surface area contributed by atoms with Crippen LogP contribution in [0.5, 0.6) is 0 Å². The maximum absolute atomic E-state index is 11.1.